The summed E-state index contributed by atoms with van der Waals surface area (Å²) >= 11 is 1.26. The molecule has 4 rings (SSSR count). The second-order valence-corrected chi connectivity index (χ2v) is 9.72. The highest BCUT2D eigenvalue weighted by atomic mass is 32.2. The van der Waals surface area contributed by atoms with Gasteiger partial charge in [-0.3, -0.25) is 4.79 Å². The zero-order valence-electron chi connectivity index (χ0n) is 15.7. The fourth-order valence-corrected chi connectivity index (χ4v) is 5.54. The summed E-state index contributed by atoms with van der Waals surface area (Å²) in [5.41, 5.74) is 0.697. The molecule has 2 aromatic heterocycles. The largest absolute Gasteiger partial charge is 0.339 e. The van der Waals surface area contributed by atoms with E-state index in [9.17, 15) is 13.2 Å². The molecule has 29 heavy (non-hydrogen) atoms. The lowest BCUT2D eigenvalue weighted by molar-refractivity contribution is 0.102. The van der Waals surface area contributed by atoms with Crippen LogP contribution in [0, 0.1) is 0 Å². The fourth-order valence-electron chi connectivity index (χ4n) is 3.19. The summed E-state index contributed by atoms with van der Waals surface area (Å²) in [7, 11) is -1.85. The molecule has 1 N–H and O–H groups in total. The van der Waals surface area contributed by atoms with Crippen molar-refractivity contribution in [2.45, 2.75) is 23.8 Å². The number of anilines is 1. The van der Waals surface area contributed by atoms with Crippen LogP contribution in [-0.2, 0) is 17.1 Å². The number of carbonyl (C=O) groups is 1. The van der Waals surface area contributed by atoms with E-state index in [0.717, 1.165) is 5.01 Å². The van der Waals surface area contributed by atoms with Crippen LogP contribution in [0.5, 0.6) is 0 Å². The number of rotatable bonds is 5. The van der Waals surface area contributed by atoms with Crippen molar-refractivity contribution in [3.8, 4) is 0 Å². The van der Waals surface area contributed by atoms with Gasteiger partial charge in [-0.15, -0.1) is 10.2 Å². The molecule has 1 aliphatic heterocycles. The molecule has 1 aliphatic rings. The standard InChI is InChI=1S/C18H20N6O3S2/c1-23-11-15(19-12-23)29(26,27)24-9-7-13(8-10-24)17-21-22-18(28-17)16(25)20-14-5-3-2-4-6-14/h2-6,11-13H,7-10H2,1H3,(H,20,25). The SMILES string of the molecule is Cn1cnc(S(=O)(=O)N2CCC(c3nnc(C(=O)Nc4ccccc4)s3)CC2)c1. The molecule has 3 heterocycles. The molecule has 1 saturated heterocycles. The summed E-state index contributed by atoms with van der Waals surface area (Å²) in [6.45, 7) is 0.767. The van der Waals surface area contributed by atoms with Gasteiger partial charge in [-0.05, 0) is 25.0 Å². The molecule has 1 fully saturated rings. The van der Waals surface area contributed by atoms with Crippen LogP contribution in [0.3, 0.4) is 0 Å². The van der Waals surface area contributed by atoms with Gasteiger partial charge in [-0.2, -0.15) is 4.31 Å². The maximum absolute atomic E-state index is 12.7. The van der Waals surface area contributed by atoms with E-state index in [1.165, 1.54) is 28.2 Å². The van der Waals surface area contributed by atoms with E-state index in [4.69, 9.17) is 0 Å². The zero-order valence-corrected chi connectivity index (χ0v) is 17.4. The number of sulfonamides is 1. The van der Waals surface area contributed by atoms with E-state index in [-0.39, 0.29) is 16.9 Å². The minimum absolute atomic E-state index is 0.0641. The Balaban J connectivity index is 1.39. The van der Waals surface area contributed by atoms with Gasteiger partial charge in [0.25, 0.3) is 15.9 Å². The number of hydrogen-bond acceptors (Lipinski definition) is 7. The van der Waals surface area contributed by atoms with Crippen molar-refractivity contribution in [3.05, 3.63) is 52.9 Å². The monoisotopic (exact) mass is 432 g/mol. The quantitative estimate of drug-likeness (QED) is 0.661. The minimum Gasteiger partial charge on any atom is -0.339 e. The lowest BCUT2D eigenvalue weighted by Gasteiger charge is -2.29. The number of imidazole rings is 1. The molecule has 0 bridgehead atoms. The summed E-state index contributed by atoms with van der Waals surface area (Å²) in [6.07, 6.45) is 4.23. The maximum atomic E-state index is 12.7. The third-order valence-corrected chi connectivity index (χ3v) is 7.62. The number of piperidine rings is 1. The van der Waals surface area contributed by atoms with E-state index >= 15 is 0 Å². The summed E-state index contributed by atoms with van der Waals surface area (Å²) in [4.78, 5) is 16.3. The summed E-state index contributed by atoms with van der Waals surface area (Å²) in [5, 5.41) is 12.1. The van der Waals surface area contributed by atoms with Gasteiger partial charge >= 0.3 is 0 Å². The van der Waals surface area contributed by atoms with Crippen molar-refractivity contribution in [1.82, 2.24) is 24.1 Å². The molecular weight excluding hydrogens is 412 g/mol. The van der Waals surface area contributed by atoms with Gasteiger partial charge in [-0.1, -0.05) is 29.5 Å². The minimum atomic E-state index is -3.58. The average Bonchev–Trinajstić information content (AvgIpc) is 3.39. The molecule has 3 aromatic rings. The molecule has 0 unspecified atom stereocenters. The third kappa shape index (κ3) is 4.21. The van der Waals surface area contributed by atoms with E-state index in [2.05, 4.69) is 20.5 Å². The molecule has 0 atom stereocenters. The predicted octanol–water partition coefficient (Wildman–Crippen LogP) is 2.09. The van der Waals surface area contributed by atoms with Crippen molar-refractivity contribution < 1.29 is 13.2 Å². The van der Waals surface area contributed by atoms with E-state index < -0.39 is 10.0 Å². The third-order valence-electron chi connectivity index (χ3n) is 4.76. The number of aryl methyl sites for hydroxylation is 1. The second-order valence-electron chi connectivity index (χ2n) is 6.82. The Hall–Kier alpha value is -2.63. The number of nitrogens with zero attached hydrogens (tertiary/aromatic N) is 5. The highest BCUT2D eigenvalue weighted by Crippen LogP contribution is 2.32. The number of hydrogen-bond donors (Lipinski definition) is 1. The number of benzene rings is 1. The first kappa shape index (κ1) is 19.7. The van der Waals surface area contributed by atoms with E-state index in [1.807, 2.05) is 18.2 Å². The van der Waals surface area contributed by atoms with Gasteiger partial charge < -0.3 is 9.88 Å². The number of para-hydroxylation sites is 1. The zero-order chi connectivity index (χ0) is 20.4. The Labute approximate surface area is 172 Å². The van der Waals surface area contributed by atoms with Crippen molar-refractivity contribution in [2.75, 3.05) is 18.4 Å². The Morgan fingerprint density at radius 2 is 1.90 bits per heavy atom. The normalized spacial score (nSPS) is 16.0. The Morgan fingerprint density at radius 3 is 2.55 bits per heavy atom. The molecule has 0 spiro atoms. The van der Waals surface area contributed by atoms with E-state index in [1.54, 1.807) is 23.7 Å². The molecule has 1 aromatic carbocycles. The number of aromatic nitrogens is 4. The van der Waals surface area contributed by atoms with Crippen molar-refractivity contribution in [1.29, 1.82) is 0 Å². The first-order valence-corrected chi connectivity index (χ1v) is 11.4. The second kappa shape index (κ2) is 8.01. The maximum Gasteiger partial charge on any atom is 0.286 e. The van der Waals surface area contributed by atoms with Crippen LogP contribution in [-0.4, -0.2) is 51.5 Å². The topological polar surface area (TPSA) is 110 Å². The average molecular weight is 433 g/mol. The van der Waals surface area contributed by atoms with Crippen LogP contribution in [0.4, 0.5) is 5.69 Å². The van der Waals surface area contributed by atoms with Crippen molar-refractivity contribution in [2.24, 2.45) is 7.05 Å². The molecule has 9 nitrogen and oxygen atoms in total. The van der Waals surface area contributed by atoms with Gasteiger partial charge in [0.15, 0.2) is 5.03 Å². The molecule has 0 saturated carbocycles. The number of carbonyl (C=O) groups excluding carboxylic acids is 1. The summed E-state index contributed by atoms with van der Waals surface area (Å²) < 4.78 is 28.4. The Bertz CT molecular complexity index is 1100. The molecule has 0 aliphatic carbocycles. The molecule has 0 radical (unpaired) electrons. The van der Waals surface area contributed by atoms with Gasteiger partial charge in [0, 0.05) is 37.9 Å². The van der Waals surface area contributed by atoms with Crippen molar-refractivity contribution >= 4 is 33.0 Å². The van der Waals surface area contributed by atoms with Gasteiger partial charge in [0.2, 0.25) is 5.01 Å². The molecule has 152 valence electrons. The highest BCUT2D eigenvalue weighted by Gasteiger charge is 2.32. The fraction of sp³-hybridized carbons (Fsp3) is 0.333. The van der Waals surface area contributed by atoms with Crippen LogP contribution in [0.25, 0.3) is 0 Å². The van der Waals surface area contributed by atoms with Crippen molar-refractivity contribution in [3.63, 3.8) is 0 Å². The first-order valence-electron chi connectivity index (χ1n) is 9.11. The smallest absolute Gasteiger partial charge is 0.286 e. The van der Waals surface area contributed by atoms with Crippen LogP contribution in [0.15, 0.2) is 47.9 Å². The summed E-state index contributed by atoms with van der Waals surface area (Å²) in [5.74, 6) is -0.212. The lowest BCUT2D eigenvalue weighted by atomic mass is 9.99. The van der Waals surface area contributed by atoms with Gasteiger partial charge in [0.05, 0.1) is 6.33 Å². The highest BCUT2D eigenvalue weighted by molar-refractivity contribution is 7.89. The number of nitrogens with one attached hydrogen (secondary N) is 1. The lowest BCUT2D eigenvalue weighted by Crippen LogP contribution is -2.38. The van der Waals surface area contributed by atoms with Gasteiger partial charge in [0.1, 0.15) is 5.01 Å². The molecule has 11 heteroatoms. The molecular formula is C18H20N6O3S2. The predicted molar refractivity (Wildman–Crippen MR) is 108 cm³/mol. The van der Waals surface area contributed by atoms with Crippen LogP contribution in [0.1, 0.15) is 33.6 Å². The van der Waals surface area contributed by atoms with Crippen LogP contribution < -0.4 is 5.32 Å². The van der Waals surface area contributed by atoms with Gasteiger partial charge in [-0.25, -0.2) is 13.4 Å². The summed E-state index contributed by atoms with van der Waals surface area (Å²) in [6, 6.07) is 9.16. The Kier molecular flexibility index (Phi) is 5.43. The number of amides is 1. The van der Waals surface area contributed by atoms with Crippen LogP contribution >= 0.6 is 11.3 Å². The van der Waals surface area contributed by atoms with Crippen LogP contribution in [0.2, 0.25) is 0 Å². The molecule has 1 amide bonds. The Morgan fingerprint density at radius 1 is 1.17 bits per heavy atom. The first-order chi connectivity index (χ1) is 13.9. The van der Waals surface area contributed by atoms with E-state index in [0.29, 0.717) is 36.6 Å².